The van der Waals surface area contributed by atoms with Crippen LogP contribution in [-0.2, 0) is 20.7 Å². The Labute approximate surface area is 111 Å². The molecule has 19 heavy (non-hydrogen) atoms. The molecule has 2 heterocycles. The van der Waals surface area contributed by atoms with Crippen molar-refractivity contribution in [3.8, 4) is 0 Å². The first-order valence-corrected chi connectivity index (χ1v) is 6.47. The molecule has 5 nitrogen and oxygen atoms in total. The number of carbonyl (C=O) groups is 2. The lowest BCUT2D eigenvalue weighted by molar-refractivity contribution is -0.124. The summed E-state index contributed by atoms with van der Waals surface area (Å²) in [6.07, 6.45) is 1.77. The third kappa shape index (κ3) is 2.21. The van der Waals surface area contributed by atoms with Crippen LogP contribution in [0.1, 0.15) is 18.4 Å². The number of nitrogens with zero attached hydrogens (tertiary/aromatic N) is 1. The minimum Gasteiger partial charge on any atom is -0.368 e. The molecule has 0 radical (unpaired) electrons. The number of benzene rings is 1. The maximum Gasteiger partial charge on any atom is 0.253 e. The smallest absolute Gasteiger partial charge is 0.253 e. The van der Waals surface area contributed by atoms with E-state index in [-0.39, 0.29) is 17.9 Å². The second kappa shape index (κ2) is 4.66. The van der Waals surface area contributed by atoms with Crippen molar-refractivity contribution in [2.24, 2.45) is 0 Å². The summed E-state index contributed by atoms with van der Waals surface area (Å²) in [6.45, 7) is 0.654. The number of anilines is 2. The van der Waals surface area contributed by atoms with Crippen molar-refractivity contribution >= 4 is 23.2 Å². The van der Waals surface area contributed by atoms with Gasteiger partial charge in [-0.1, -0.05) is 0 Å². The Bertz CT molecular complexity index is 535. The number of rotatable bonds is 2. The predicted molar refractivity (Wildman–Crippen MR) is 71.2 cm³/mol. The quantitative estimate of drug-likeness (QED) is 0.872. The van der Waals surface area contributed by atoms with Crippen molar-refractivity contribution in [1.82, 2.24) is 0 Å². The van der Waals surface area contributed by atoms with E-state index in [2.05, 4.69) is 5.32 Å². The van der Waals surface area contributed by atoms with Crippen LogP contribution in [-0.4, -0.2) is 31.6 Å². The molecule has 2 aliphatic rings. The third-order valence-corrected chi connectivity index (χ3v) is 3.65. The number of nitrogens with one attached hydrogen (secondary N) is 1. The Morgan fingerprint density at radius 3 is 3.05 bits per heavy atom. The van der Waals surface area contributed by atoms with E-state index in [0.717, 1.165) is 29.8 Å². The van der Waals surface area contributed by atoms with Gasteiger partial charge in [-0.15, -0.1) is 0 Å². The van der Waals surface area contributed by atoms with E-state index in [1.165, 1.54) is 0 Å². The molecule has 2 amide bonds. The molecular weight excluding hydrogens is 244 g/mol. The maximum atomic E-state index is 11.9. The fourth-order valence-electron chi connectivity index (χ4n) is 2.56. The number of fused-ring (bicyclic) bond motifs is 1. The van der Waals surface area contributed by atoms with Crippen LogP contribution < -0.4 is 10.2 Å². The van der Waals surface area contributed by atoms with E-state index in [0.29, 0.717) is 13.0 Å². The van der Waals surface area contributed by atoms with Crippen molar-refractivity contribution in [2.75, 3.05) is 23.9 Å². The first-order chi connectivity index (χ1) is 9.15. The zero-order valence-electron chi connectivity index (χ0n) is 10.8. The Morgan fingerprint density at radius 1 is 1.47 bits per heavy atom. The van der Waals surface area contributed by atoms with E-state index < -0.39 is 0 Å². The van der Waals surface area contributed by atoms with Gasteiger partial charge in [-0.25, -0.2) is 0 Å². The van der Waals surface area contributed by atoms with Gasteiger partial charge in [0.25, 0.3) is 5.91 Å². The van der Waals surface area contributed by atoms with Gasteiger partial charge < -0.3 is 15.0 Å². The largest absolute Gasteiger partial charge is 0.368 e. The topological polar surface area (TPSA) is 58.6 Å². The van der Waals surface area contributed by atoms with Crippen molar-refractivity contribution in [3.05, 3.63) is 23.8 Å². The molecule has 1 fully saturated rings. The SMILES string of the molecule is CN1C(=O)Cc2cc(NC(=O)C3CCCO3)ccc21. The normalized spacial score (nSPS) is 21.6. The molecule has 5 heteroatoms. The third-order valence-electron chi connectivity index (χ3n) is 3.65. The minimum absolute atomic E-state index is 0.0811. The summed E-state index contributed by atoms with van der Waals surface area (Å²) in [5, 5.41) is 2.85. The van der Waals surface area contributed by atoms with Crippen molar-refractivity contribution in [3.63, 3.8) is 0 Å². The lowest BCUT2D eigenvalue weighted by Gasteiger charge is -2.13. The lowest BCUT2D eigenvalue weighted by atomic mass is 10.1. The Balaban J connectivity index is 1.75. The first-order valence-electron chi connectivity index (χ1n) is 6.47. The molecular formula is C14H16N2O3. The number of likely N-dealkylation sites (N-methyl/N-ethyl adjacent to an activating group) is 1. The van der Waals surface area contributed by atoms with Gasteiger partial charge >= 0.3 is 0 Å². The maximum absolute atomic E-state index is 11.9. The number of ether oxygens (including phenoxy) is 1. The van der Waals surface area contributed by atoms with Gasteiger partial charge in [0, 0.05) is 25.0 Å². The number of amides is 2. The monoisotopic (exact) mass is 260 g/mol. The lowest BCUT2D eigenvalue weighted by Crippen LogP contribution is -2.26. The number of carbonyl (C=O) groups excluding carboxylic acids is 2. The van der Waals surface area contributed by atoms with E-state index in [1.54, 1.807) is 11.9 Å². The molecule has 1 aromatic carbocycles. The van der Waals surface area contributed by atoms with Crippen molar-refractivity contribution in [1.29, 1.82) is 0 Å². The molecule has 0 bridgehead atoms. The summed E-state index contributed by atoms with van der Waals surface area (Å²) in [5.41, 5.74) is 2.60. The highest BCUT2D eigenvalue weighted by molar-refractivity contribution is 6.02. The molecule has 1 saturated heterocycles. The fourth-order valence-corrected chi connectivity index (χ4v) is 2.56. The molecule has 2 aliphatic heterocycles. The van der Waals surface area contributed by atoms with Gasteiger partial charge in [0.1, 0.15) is 6.10 Å². The summed E-state index contributed by atoms with van der Waals surface area (Å²) >= 11 is 0. The van der Waals surface area contributed by atoms with Crippen molar-refractivity contribution < 1.29 is 14.3 Å². The van der Waals surface area contributed by atoms with Gasteiger partial charge in [0.05, 0.1) is 6.42 Å². The molecule has 0 spiro atoms. The van der Waals surface area contributed by atoms with Crippen LogP contribution in [0.25, 0.3) is 0 Å². The molecule has 1 aromatic rings. The minimum atomic E-state index is -0.336. The molecule has 1 atom stereocenters. The van der Waals surface area contributed by atoms with Gasteiger partial charge in [-0.2, -0.15) is 0 Å². The molecule has 100 valence electrons. The summed E-state index contributed by atoms with van der Waals surface area (Å²) < 4.78 is 5.34. The Morgan fingerprint density at radius 2 is 2.32 bits per heavy atom. The van der Waals surface area contributed by atoms with Gasteiger partial charge in [-0.3, -0.25) is 9.59 Å². The molecule has 0 aliphatic carbocycles. The van der Waals surface area contributed by atoms with E-state index in [9.17, 15) is 9.59 Å². The second-order valence-electron chi connectivity index (χ2n) is 4.96. The number of hydrogen-bond donors (Lipinski definition) is 1. The summed E-state index contributed by atoms with van der Waals surface area (Å²) in [7, 11) is 1.76. The predicted octanol–water partition coefficient (Wildman–Crippen LogP) is 1.32. The molecule has 3 rings (SSSR count). The average molecular weight is 260 g/mol. The fraction of sp³-hybridized carbons (Fsp3) is 0.429. The second-order valence-corrected chi connectivity index (χ2v) is 4.96. The summed E-state index contributed by atoms with van der Waals surface area (Å²) in [5.74, 6) is -0.0206. The zero-order valence-corrected chi connectivity index (χ0v) is 10.8. The van der Waals surface area contributed by atoms with Gasteiger partial charge in [0.15, 0.2) is 0 Å². The average Bonchev–Trinajstić information content (AvgIpc) is 2.99. The van der Waals surface area contributed by atoms with Crippen LogP contribution in [0.2, 0.25) is 0 Å². The van der Waals surface area contributed by atoms with Crippen LogP contribution in [0.3, 0.4) is 0 Å². The van der Waals surface area contributed by atoms with Gasteiger partial charge in [-0.05, 0) is 36.6 Å². The van der Waals surface area contributed by atoms with Crippen LogP contribution in [0.4, 0.5) is 11.4 Å². The molecule has 0 aromatic heterocycles. The van der Waals surface area contributed by atoms with E-state index in [1.807, 2.05) is 18.2 Å². The Kier molecular flexibility index (Phi) is 2.98. The molecule has 1 unspecified atom stereocenters. The molecule has 1 N–H and O–H groups in total. The van der Waals surface area contributed by atoms with Crippen molar-refractivity contribution in [2.45, 2.75) is 25.4 Å². The molecule has 0 saturated carbocycles. The van der Waals surface area contributed by atoms with Gasteiger partial charge in [0.2, 0.25) is 5.91 Å². The summed E-state index contributed by atoms with van der Waals surface area (Å²) in [6, 6.07) is 5.55. The van der Waals surface area contributed by atoms with Crippen LogP contribution in [0.5, 0.6) is 0 Å². The van der Waals surface area contributed by atoms with Crippen LogP contribution in [0.15, 0.2) is 18.2 Å². The highest BCUT2D eigenvalue weighted by atomic mass is 16.5. The highest BCUT2D eigenvalue weighted by Gasteiger charge is 2.26. The first kappa shape index (κ1) is 12.2. The summed E-state index contributed by atoms with van der Waals surface area (Å²) in [4.78, 5) is 25.2. The number of hydrogen-bond acceptors (Lipinski definition) is 3. The van der Waals surface area contributed by atoms with E-state index in [4.69, 9.17) is 4.74 Å². The van der Waals surface area contributed by atoms with Crippen LogP contribution in [0, 0.1) is 0 Å². The Hall–Kier alpha value is -1.88. The van der Waals surface area contributed by atoms with Crippen LogP contribution >= 0.6 is 0 Å². The highest BCUT2D eigenvalue weighted by Crippen LogP contribution is 2.30. The zero-order chi connectivity index (χ0) is 13.4. The standard InChI is InChI=1S/C14H16N2O3/c1-16-11-5-4-10(7-9(11)8-13(16)17)15-14(18)12-3-2-6-19-12/h4-5,7,12H,2-3,6,8H2,1H3,(H,15,18). The van der Waals surface area contributed by atoms with E-state index >= 15 is 0 Å².